The van der Waals surface area contributed by atoms with Crippen LogP contribution in [0.2, 0.25) is 0 Å². The van der Waals surface area contributed by atoms with Crippen molar-refractivity contribution < 1.29 is 14.9 Å². The summed E-state index contributed by atoms with van der Waals surface area (Å²) >= 11 is 0. The van der Waals surface area contributed by atoms with Gasteiger partial charge in [0.1, 0.15) is 0 Å². The van der Waals surface area contributed by atoms with Crippen LogP contribution in [0.15, 0.2) is 30.3 Å². The fraction of sp³-hybridized carbons (Fsp3) is 0.455. The SMILES string of the molecule is COC(OO)C1(c2ccccc2)CC1. The van der Waals surface area contributed by atoms with E-state index >= 15 is 0 Å². The summed E-state index contributed by atoms with van der Waals surface area (Å²) in [4.78, 5) is 4.36. The lowest BCUT2D eigenvalue weighted by Gasteiger charge is -2.22. The minimum atomic E-state index is -0.551. The van der Waals surface area contributed by atoms with E-state index in [9.17, 15) is 0 Å². The van der Waals surface area contributed by atoms with Crippen LogP contribution < -0.4 is 0 Å². The van der Waals surface area contributed by atoms with E-state index in [1.165, 1.54) is 5.56 Å². The average molecular weight is 194 g/mol. The van der Waals surface area contributed by atoms with Gasteiger partial charge < -0.3 is 4.74 Å². The monoisotopic (exact) mass is 194 g/mol. The van der Waals surface area contributed by atoms with E-state index in [-0.39, 0.29) is 5.41 Å². The molecule has 14 heavy (non-hydrogen) atoms. The van der Waals surface area contributed by atoms with E-state index in [4.69, 9.17) is 9.99 Å². The second-order valence-electron chi connectivity index (χ2n) is 3.70. The molecule has 1 aliphatic carbocycles. The van der Waals surface area contributed by atoms with Crippen LogP contribution in [0, 0.1) is 0 Å². The van der Waals surface area contributed by atoms with Gasteiger partial charge in [0.05, 0.1) is 0 Å². The molecule has 1 fully saturated rings. The fourth-order valence-electron chi connectivity index (χ4n) is 1.93. The van der Waals surface area contributed by atoms with E-state index in [1.54, 1.807) is 7.11 Å². The first kappa shape index (κ1) is 9.65. The normalized spacial score (nSPS) is 20.4. The first-order valence-electron chi connectivity index (χ1n) is 4.72. The minimum Gasteiger partial charge on any atom is -0.352 e. The molecule has 76 valence electrons. The summed E-state index contributed by atoms with van der Waals surface area (Å²) in [5.41, 5.74) is 1.03. The summed E-state index contributed by atoms with van der Waals surface area (Å²) < 4.78 is 5.11. The van der Waals surface area contributed by atoms with Crippen molar-refractivity contribution in [1.82, 2.24) is 0 Å². The van der Waals surface area contributed by atoms with Crippen molar-refractivity contribution in [1.29, 1.82) is 0 Å². The third-order valence-corrected chi connectivity index (χ3v) is 2.90. The van der Waals surface area contributed by atoms with E-state index < -0.39 is 6.29 Å². The number of hydrogen-bond acceptors (Lipinski definition) is 3. The number of benzene rings is 1. The molecule has 0 saturated heterocycles. The van der Waals surface area contributed by atoms with Gasteiger partial charge in [0.15, 0.2) is 6.29 Å². The zero-order valence-corrected chi connectivity index (χ0v) is 8.14. The third-order valence-electron chi connectivity index (χ3n) is 2.90. The molecule has 1 unspecified atom stereocenters. The zero-order valence-electron chi connectivity index (χ0n) is 8.14. The van der Waals surface area contributed by atoms with Gasteiger partial charge >= 0.3 is 0 Å². The summed E-state index contributed by atoms with van der Waals surface area (Å²) in [7, 11) is 1.55. The summed E-state index contributed by atoms with van der Waals surface area (Å²) in [6.45, 7) is 0. The van der Waals surface area contributed by atoms with Crippen LogP contribution in [-0.2, 0) is 15.0 Å². The highest BCUT2D eigenvalue weighted by atomic mass is 17.1. The predicted molar refractivity (Wildman–Crippen MR) is 51.9 cm³/mol. The van der Waals surface area contributed by atoms with Crippen molar-refractivity contribution in [3.63, 3.8) is 0 Å². The van der Waals surface area contributed by atoms with Gasteiger partial charge in [0.2, 0.25) is 0 Å². The van der Waals surface area contributed by atoms with Crippen molar-refractivity contribution in [3.05, 3.63) is 35.9 Å². The van der Waals surface area contributed by atoms with Crippen LogP contribution in [0.3, 0.4) is 0 Å². The Labute approximate surface area is 83.2 Å². The number of rotatable bonds is 4. The van der Waals surface area contributed by atoms with E-state index in [0.717, 1.165) is 12.8 Å². The molecule has 0 aromatic heterocycles. The largest absolute Gasteiger partial charge is 0.352 e. The van der Waals surface area contributed by atoms with Gasteiger partial charge in [-0.2, -0.15) is 0 Å². The topological polar surface area (TPSA) is 38.7 Å². The molecule has 2 rings (SSSR count). The van der Waals surface area contributed by atoms with Crippen molar-refractivity contribution in [2.24, 2.45) is 0 Å². The molecule has 1 aromatic rings. The fourth-order valence-corrected chi connectivity index (χ4v) is 1.93. The molecule has 1 aromatic carbocycles. The summed E-state index contributed by atoms with van der Waals surface area (Å²) in [5, 5.41) is 8.74. The number of methoxy groups -OCH3 is 1. The highest BCUT2D eigenvalue weighted by Crippen LogP contribution is 2.51. The molecule has 0 spiro atoms. The molecule has 3 heteroatoms. The smallest absolute Gasteiger partial charge is 0.200 e. The Morgan fingerprint density at radius 2 is 1.93 bits per heavy atom. The molecule has 0 heterocycles. The molecule has 3 nitrogen and oxygen atoms in total. The Morgan fingerprint density at radius 1 is 1.29 bits per heavy atom. The summed E-state index contributed by atoms with van der Waals surface area (Å²) in [6.07, 6.45) is 1.44. The second-order valence-corrected chi connectivity index (χ2v) is 3.70. The Hall–Kier alpha value is -0.900. The van der Waals surface area contributed by atoms with Crippen LogP contribution in [0.5, 0.6) is 0 Å². The standard InChI is InChI=1S/C11H14O3/c1-13-10(14-12)11(7-8-11)9-5-3-2-4-6-9/h2-6,10,12H,7-8H2,1H3. The van der Waals surface area contributed by atoms with Crippen LogP contribution in [0.4, 0.5) is 0 Å². The van der Waals surface area contributed by atoms with Crippen molar-refractivity contribution in [2.45, 2.75) is 24.5 Å². The average Bonchev–Trinajstić information content (AvgIpc) is 3.03. The van der Waals surface area contributed by atoms with Crippen molar-refractivity contribution in [2.75, 3.05) is 7.11 Å². The van der Waals surface area contributed by atoms with Crippen molar-refractivity contribution >= 4 is 0 Å². The van der Waals surface area contributed by atoms with Gasteiger partial charge in [-0.1, -0.05) is 30.3 Å². The molecular weight excluding hydrogens is 180 g/mol. The minimum absolute atomic E-state index is 0.134. The van der Waals surface area contributed by atoms with Gasteiger partial charge in [-0.05, 0) is 18.4 Å². The second kappa shape index (κ2) is 3.69. The summed E-state index contributed by atoms with van der Waals surface area (Å²) in [5.74, 6) is 0. The third kappa shape index (κ3) is 1.43. The van der Waals surface area contributed by atoms with Gasteiger partial charge in [-0.3, -0.25) is 0 Å². The molecule has 1 saturated carbocycles. The Balaban J connectivity index is 2.25. The van der Waals surface area contributed by atoms with Crippen molar-refractivity contribution in [3.8, 4) is 0 Å². The van der Waals surface area contributed by atoms with Gasteiger partial charge in [0.25, 0.3) is 0 Å². The Bertz CT molecular complexity index is 289. The molecule has 1 N–H and O–H groups in total. The van der Waals surface area contributed by atoms with Crippen LogP contribution in [0.25, 0.3) is 0 Å². The lowest BCUT2D eigenvalue weighted by atomic mass is 9.95. The predicted octanol–water partition coefficient (Wildman–Crippen LogP) is 2.18. The molecule has 1 aliphatic rings. The highest BCUT2D eigenvalue weighted by molar-refractivity contribution is 5.32. The number of ether oxygens (including phenoxy) is 1. The number of hydrogen-bond donors (Lipinski definition) is 1. The Morgan fingerprint density at radius 3 is 2.36 bits per heavy atom. The van der Waals surface area contributed by atoms with Crippen LogP contribution >= 0.6 is 0 Å². The molecule has 0 bridgehead atoms. The molecule has 0 radical (unpaired) electrons. The lowest BCUT2D eigenvalue weighted by molar-refractivity contribution is -0.350. The van der Waals surface area contributed by atoms with Gasteiger partial charge in [-0.25, -0.2) is 10.1 Å². The maximum absolute atomic E-state index is 8.74. The first-order valence-corrected chi connectivity index (χ1v) is 4.72. The summed E-state index contributed by atoms with van der Waals surface area (Å²) in [6, 6.07) is 10.0. The van der Waals surface area contributed by atoms with E-state index in [0.29, 0.717) is 0 Å². The Kier molecular flexibility index (Phi) is 2.54. The van der Waals surface area contributed by atoms with Crippen LogP contribution in [0.1, 0.15) is 18.4 Å². The molecule has 1 atom stereocenters. The molecular formula is C11H14O3. The van der Waals surface area contributed by atoms with E-state index in [1.807, 2.05) is 30.3 Å². The molecule has 0 amide bonds. The van der Waals surface area contributed by atoms with Crippen LogP contribution in [-0.4, -0.2) is 18.7 Å². The van der Waals surface area contributed by atoms with Gasteiger partial charge in [0, 0.05) is 12.5 Å². The zero-order chi connectivity index (χ0) is 10.0. The van der Waals surface area contributed by atoms with Gasteiger partial charge in [-0.15, -0.1) is 0 Å². The van der Waals surface area contributed by atoms with E-state index in [2.05, 4.69) is 4.89 Å². The first-order chi connectivity index (χ1) is 6.83. The maximum atomic E-state index is 8.74. The lowest BCUT2D eigenvalue weighted by Crippen LogP contribution is -2.29. The quantitative estimate of drug-likeness (QED) is 0.453. The maximum Gasteiger partial charge on any atom is 0.200 e. The molecule has 0 aliphatic heterocycles. The highest BCUT2D eigenvalue weighted by Gasteiger charge is 2.52.